The van der Waals surface area contributed by atoms with E-state index in [1.165, 1.54) is 17.7 Å². The lowest BCUT2D eigenvalue weighted by Crippen LogP contribution is -2.07. The minimum atomic E-state index is -1.04. The highest BCUT2D eigenvalue weighted by Crippen LogP contribution is 2.32. The number of halogens is 2. The molecule has 0 atom stereocenters. The number of thiophene rings is 1. The quantitative estimate of drug-likeness (QED) is 0.372. The van der Waals surface area contributed by atoms with Gasteiger partial charge in [0.2, 0.25) is 5.82 Å². The first kappa shape index (κ1) is 22.0. The molecule has 1 aromatic heterocycles. The number of aryl methyl sites for hydroxylation is 2. The number of benzene rings is 2. The molecule has 0 saturated heterocycles. The standard InChI is InChI=1S/C24H24F2O3S/c1-3-16-5-7-18(8-6-16)24-19(13-14-30-24)15-29-20-11-9-17(22(25)23(20)26)10-12-21(27)28-4-2/h5-9,11,13-14H,3-4,10,12,15H2,1-2H3. The van der Waals surface area contributed by atoms with Gasteiger partial charge in [0.15, 0.2) is 11.6 Å². The monoisotopic (exact) mass is 430 g/mol. The van der Waals surface area contributed by atoms with Crippen molar-refractivity contribution in [1.29, 1.82) is 0 Å². The molecule has 3 aromatic rings. The summed E-state index contributed by atoms with van der Waals surface area (Å²) in [5.41, 5.74) is 3.37. The Hall–Kier alpha value is -2.73. The van der Waals surface area contributed by atoms with Gasteiger partial charge in [0.1, 0.15) is 6.61 Å². The maximum atomic E-state index is 14.5. The topological polar surface area (TPSA) is 35.5 Å². The Labute approximate surface area is 179 Å². The molecule has 0 radical (unpaired) electrons. The summed E-state index contributed by atoms with van der Waals surface area (Å²) in [7, 11) is 0. The van der Waals surface area contributed by atoms with Crippen LogP contribution in [0.25, 0.3) is 10.4 Å². The molecule has 6 heteroatoms. The third-order valence-corrected chi connectivity index (χ3v) is 5.79. The van der Waals surface area contributed by atoms with Gasteiger partial charge in [0.25, 0.3) is 0 Å². The smallest absolute Gasteiger partial charge is 0.306 e. The van der Waals surface area contributed by atoms with Crippen molar-refractivity contribution in [3.63, 3.8) is 0 Å². The lowest BCUT2D eigenvalue weighted by molar-refractivity contribution is -0.143. The molecular weight excluding hydrogens is 406 g/mol. The average Bonchev–Trinajstić information content (AvgIpc) is 3.23. The van der Waals surface area contributed by atoms with Crippen LogP contribution in [0.1, 0.15) is 37.0 Å². The van der Waals surface area contributed by atoms with Crippen LogP contribution in [-0.4, -0.2) is 12.6 Å². The third kappa shape index (κ3) is 5.25. The first-order chi connectivity index (χ1) is 14.5. The minimum absolute atomic E-state index is 0.000507. The molecule has 0 saturated carbocycles. The van der Waals surface area contributed by atoms with Crippen LogP contribution in [0.4, 0.5) is 8.78 Å². The van der Waals surface area contributed by atoms with Gasteiger partial charge in [-0.2, -0.15) is 4.39 Å². The lowest BCUT2D eigenvalue weighted by Gasteiger charge is -2.11. The number of carbonyl (C=O) groups excluding carboxylic acids is 1. The van der Waals surface area contributed by atoms with Gasteiger partial charge in [-0.05, 0) is 54.0 Å². The molecule has 0 amide bonds. The van der Waals surface area contributed by atoms with Crippen LogP contribution in [0.5, 0.6) is 5.75 Å². The highest BCUT2D eigenvalue weighted by molar-refractivity contribution is 7.13. The van der Waals surface area contributed by atoms with Crippen molar-refractivity contribution in [2.24, 2.45) is 0 Å². The van der Waals surface area contributed by atoms with Crippen LogP contribution in [0.15, 0.2) is 47.8 Å². The Morgan fingerprint density at radius 3 is 2.43 bits per heavy atom. The van der Waals surface area contributed by atoms with E-state index in [2.05, 4.69) is 31.2 Å². The van der Waals surface area contributed by atoms with E-state index in [1.54, 1.807) is 18.3 Å². The van der Waals surface area contributed by atoms with E-state index < -0.39 is 17.6 Å². The van der Waals surface area contributed by atoms with Gasteiger partial charge in [-0.15, -0.1) is 11.3 Å². The predicted molar refractivity (Wildman–Crippen MR) is 115 cm³/mol. The number of esters is 1. The van der Waals surface area contributed by atoms with E-state index in [4.69, 9.17) is 9.47 Å². The first-order valence-electron chi connectivity index (χ1n) is 9.94. The summed E-state index contributed by atoms with van der Waals surface area (Å²) < 4.78 is 39.2. The summed E-state index contributed by atoms with van der Waals surface area (Å²) in [5, 5.41) is 1.96. The van der Waals surface area contributed by atoms with E-state index in [0.717, 1.165) is 22.4 Å². The Kier molecular flexibility index (Phi) is 7.57. The van der Waals surface area contributed by atoms with Gasteiger partial charge >= 0.3 is 5.97 Å². The molecule has 0 aliphatic carbocycles. The fraction of sp³-hybridized carbons (Fsp3) is 0.292. The van der Waals surface area contributed by atoms with Crippen LogP contribution in [-0.2, 0) is 29.0 Å². The second kappa shape index (κ2) is 10.3. The van der Waals surface area contributed by atoms with Gasteiger partial charge in [-0.25, -0.2) is 4.39 Å². The molecule has 0 bridgehead atoms. The second-order valence-corrected chi connectivity index (χ2v) is 7.69. The number of carbonyl (C=O) groups is 1. The number of ether oxygens (including phenoxy) is 2. The molecule has 1 heterocycles. The molecule has 3 nitrogen and oxygen atoms in total. The van der Waals surface area contributed by atoms with E-state index >= 15 is 0 Å². The Morgan fingerprint density at radius 1 is 0.967 bits per heavy atom. The zero-order valence-electron chi connectivity index (χ0n) is 17.0. The largest absolute Gasteiger partial charge is 0.486 e. The zero-order valence-corrected chi connectivity index (χ0v) is 17.9. The molecule has 30 heavy (non-hydrogen) atoms. The highest BCUT2D eigenvalue weighted by Gasteiger charge is 2.17. The van der Waals surface area contributed by atoms with Crippen LogP contribution in [0.2, 0.25) is 0 Å². The summed E-state index contributed by atoms with van der Waals surface area (Å²) in [5.74, 6) is -2.61. The maximum Gasteiger partial charge on any atom is 0.306 e. The molecule has 2 aromatic carbocycles. The fourth-order valence-corrected chi connectivity index (χ4v) is 4.02. The van der Waals surface area contributed by atoms with E-state index in [0.29, 0.717) is 0 Å². The second-order valence-electron chi connectivity index (χ2n) is 6.77. The summed E-state index contributed by atoms with van der Waals surface area (Å²) in [4.78, 5) is 12.5. The molecule has 0 unspecified atom stereocenters. The van der Waals surface area contributed by atoms with Gasteiger partial charge in [0, 0.05) is 16.9 Å². The van der Waals surface area contributed by atoms with Crippen LogP contribution in [0, 0.1) is 11.6 Å². The van der Waals surface area contributed by atoms with Crippen molar-refractivity contribution >= 4 is 17.3 Å². The highest BCUT2D eigenvalue weighted by atomic mass is 32.1. The van der Waals surface area contributed by atoms with E-state index in [1.807, 2.05) is 11.4 Å². The summed E-state index contributed by atoms with van der Waals surface area (Å²) in [6.07, 6.45) is 1.05. The summed E-state index contributed by atoms with van der Waals surface area (Å²) in [6.45, 7) is 4.20. The first-order valence-corrected chi connectivity index (χ1v) is 10.8. The third-order valence-electron chi connectivity index (χ3n) is 4.78. The Bertz CT molecular complexity index is 996. The minimum Gasteiger partial charge on any atom is -0.486 e. The molecule has 0 spiro atoms. The predicted octanol–water partition coefficient (Wildman–Crippen LogP) is 6.33. The van der Waals surface area contributed by atoms with Crippen molar-refractivity contribution in [2.75, 3.05) is 6.61 Å². The van der Waals surface area contributed by atoms with Gasteiger partial charge in [-0.3, -0.25) is 4.79 Å². The van der Waals surface area contributed by atoms with Crippen molar-refractivity contribution in [2.45, 2.75) is 39.7 Å². The molecular formula is C24H24F2O3S. The van der Waals surface area contributed by atoms with Crippen molar-refractivity contribution in [3.8, 4) is 16.2 Å². The van der Waals surface area contributed by atoms with E-state index in [9.17, 15) is 13.6 Å². The number of hydrogen-bond donors (Lipinski definition) is 0. The van der Waals surface area contributed by atoms with Crippen LogP contribution >= 0.6 is 11.3 Å². The van der Waals surface area contributed by atoms with Gasteiger partial charge in [-0.1, -0.05) is 37.3 Å². The van der Waals surface area contributed by atoms with Gasteiger partial charge in [0.05, 0.1) is 6.61 Å². The van der Waals surface area contributed by atoms with E-state index in [-0.39, 0.29) is 37.4 Å². The number of hydrogen-bond acceptors (Lipinski definition) is 4. The molecule has 0 aliphatic heterocycles. The molecule has 0 fully saturated rings. The van der Waals surface area contributed by atoms with Crippen molar-refractivity contribution < 1.29 is 23.0 Å². The van der Waals surface area contributed by atoms with Gasteiger partial charge < -0.3 is 9.47 Å². The lowest BCUT2D eigenvalue weighted by atomic mass is 10.1. The zero-order chi connectivity index (χ0) is 21.5. The Morgan fingerprint density at radius 2 is 1.73 bits per heavy atom. The average molecular weight is 431 g/mol. The van der Waals surface area contributed by atoms with Crippen molar-refractivity contribution in [3.05, 3.63) is 76.2 Å². The number of rotatable bonds is 9. The van der Waals surface area contributed by atoms with Crippen LogP contribution in [0.3, 0.4) is 0 Å². The molecule has 0 N–H and O–H groups in total. The molecule has 0 aliphatic rings. The fourth-order valence-electron chi connectivity index (χ4n) is 3.10. The molecule has 3 rings (SSSR count). The van der Waals surface area contributed by atoms with Crippen molar-refractivity contribution in [1.82, 2.24) is 0 Å². The molecule has 158 valence electrons. The summed E-state index contributed by atoms with van der Waals surface area (Å²) >= 11 is 1.58. The maximum absolute atomic E-state index is 14.5. The Balaban J connectivity index is 1.68. The summed E-state index contributed by atoms with van der Waals surface area (Å²) in [6, 6.07) is 13.1. The SMILES string of the molecule is CCOC(=O)CCc1ccc(OCc2ccsc2-c2ccc(CC)cc2)c(F)c1F. The van der Waals surface area contributed by atoms with Crippen LogP contribution < -0.4 is 4.74 Å². The normalized spacial score (nSPS) is 10.8.